The van der Waals surface area contributed by atoms with E-state index in [4.69, 9.17) is 5.73 Å². The first-order chi connectivity index (χ1) is 9.06. The summed E-state index contributed by atoms with van der Waals surface area (Å²) in [6.07, 6.45) is 3.69. The topological polar surface area (TPSA) is 55.1 Å². The molecule has 0 aliphatic heterocycles. The van der Waals surface area contributed by atoms with Gasteiger partial charge >= 0.3 is 0 Å². The van der Waals surface area contributed by atoms with Crippen molar-refractivity contribution in [3.63, 3.8) is 0 Å². The van der Waals surface area contributed by atoms with E-state index in [-0.39, 0.29) is 23.7 Å². The van der Waals surface area contributed by atoms with Gasteiger partial charge in [-0.2, -0.15) is 0 Å². The molecule has 1 saturated carbocycles. The number of carbonyl (C=O) groups is 1. The van der Waals surface area contributed by atoms with Crippen molar-refractivity contribution in [2.24, 2.45) is 11.7 Å². The lowest BCUT2D eigenvalue weighted by Gasteiger charge is -2.25. The summed E-state index contributed by atoms with van der Waals surface area (Å²) < 4.78 is 13.6. The van der Waals surface area contributed by atoms with E-state index >= 15 is 0 Å². The second-order valence-electron chi connectivity index (χ2n) is 5.08. The van der Waals surface area contributed by atoms with Crippen LogP contribution in [0.2, 0.25) is 0 Å². The molecule has 2 unspecified atom stereocenters. The fourth-order valence-electron chi connectivity index (χ4n) is 2.46. The van der Waals surface area contributed by atoms with E-state index in [9.17, 15) is 9.18 Å². The Bertz CT molecular complexity index is 467. The Kier molecular flexibility index (Phi) is 4.93. The molecule has 1 fully saturated rings. The van der Waals surface area contributed by atoms with Gasteiger partial charge in [-0.15, -0.1) is 0 Å². The van der Waals surface area contributed by atoms with Gasteiger partial charge in [0.05, 0.1) is 0 Å². The predicted octanol–water partition coefficient (Wildman–Crippen LogP) is 2.72. The lowest BCUT2D eigenvalue weighted by Crippen LogP contribution is -2.37. The summed E-state index contributed by atoms with van der Waals surface area (Å²) in [4.78, 5) is 12.0. The first-order valence-electron chi connectivity index (χ1n) is 6.53. The zero-order valence-electron chi connectivity index (χ0n) is 10.7. The number of benzene rings is 1. The van der Waals surface area contributed by atoms with Crippen molar-refractivity contribution in [1.29, 1.82) is 0 Å². The molecule has 19 heavy (non-hydrogen) atoms. The molecule has 0 heterocycles. The predicted molar refractivity (Wildman–Crippen MR) is 75.9 cm³/mol. The van der Waals surface area contributed by atoms with Crippen LogP contribution in [-0.4, -0.2) is 11.9 Å². The third-order valence-corrected chi connectivity index (χ3v) is 4.29. The molecule has 0 saturated heterocycles. The van der Waals surface area contributed by atoms with Gasteiger partial charge in [0.15, 0.2) is 0 Å². The van der Waals surface area contributed by atoms with Gasteiger partial charge < -0.3 is 11.1 Å². The molecule has 0 spiro atoms. The first-order valence-corrected chi connectivity index (χ1v) is 7.33. The summed E-state index contributed by atoms with van der Waals surface area (Å²) >= 11 is 3.29. The second-order valence-corrected chi connectivity index (χ2v) is 5.93. The van der Waals surface area contributed by atoms with Crippen molar-refractivity contribution in [3.05, 3.63) is 34.1 Å². The minimum absolute atomic E-state index is 0.0166. The van der Waals surface area contributed by atoms with Crippen LogP contribution in [0.25, 0.3) is 0 Å². The molecule has 1 aromatic rings. The van der Waals surface area contributed by atoms with Crippen LogP contribution >= 0.6 is 15.9 Å². The smallest absolute Gasteiger partial charge is 0.223 e. The number of halogens is 2. The fourth-order valence-corrected chi connectivity index (χ4v) is 2.95. The Morgan fingerprint density at radius 1 is 1.47 bits per heavy atom. The molecule has 3 nitrogen and oxygen atoms in total. The van der Waals surface area contributed by atoms with Crippen LogP contribution < -0.4 is 11.1 Å². The summed E-state index contributed by atoms with van der Waals surface area (Å²) in [5, 5.41) is 2.90. The molecule has 2 atom stereocenters. The highest BCUT2D eigenvalue weighted by Gasteiger charge is 2.25. The highest BCUT2D eigenvalue weighted by molar-refractivity contribution is 9.10. The third-order valence-electron chi connectivity index (χ3n) is 3.55. The van der Waals surface area contributed by atoms with E-state index in [1.807, 2.05) is 0 Å². The Balaban J connectivity index is 1.89. The van der Waals surface area contributed by atoms with Crippen molar-refractivity contribution in [2.45, 2.75) is 38.3 Å². The normalized spacial score (nSPS) is 23.1. The van der Waals surface area contributed by atoms with Crippen molar-refractivity contribution >= 4 is 21.8 Å². The van der Waals surface area contributed by atoms with Crippen LogP contribution in [-0.2, 0) is 11.3 Å². The minimum atomic E-state index is -0.291. The second kappa shape index (κ2) is 6.48. The number of hydrogen-bond acceptors (Lipinski definition) is 2. The number of nitrogens with two attached hydrogens (primary N) is 1. The molecule has 104 valence electrons. The molecule has 3 N–H and O–H groups in total. The molecule has 0 radical (unpaired) electrons. The monoisotopic (exact) mass is 328 g/mol. The maximum atomic E-state index is 12.9. The van der Waals surface area contributed by atoms with Gasteiger partial charge in [-0.05, 0) is 37.0 Å². The summed E-state index contributed by atoms with van der Waals surface area (Å²) in [5.74, 6) is -0.227. The molecule has 1 aliphatic carbocycles. The first kappa shape index (κ1) is 14.5. The van der Waals surface area contributed by atoms with Gasteiger partial charge in [0.1, 0.15) is 5.82 Å². The highest BCUT2D eigenvalue weighted by Crippen LogP contribution is 2.23. The molecular formula is C14H18BrFN2O. The van der Waals surface area contributed by atoms with Gasteiger partial charge in [-0.25, -0.2) is 4.39 Å². The van der Waals surface area contributed by atoms with Crippen molar-refractivity contribution in [2.75, 3.05) is 0 Å². The van der Waals surface area contributed by atoms with Crippen LogP contribution in [0, 0.1) is 11.7 Å². The van der Waals surface area contributed by atoms with Crippen molar-refractivity contribution < 1.29 is 9.18 Å². The largest absolute Gasteiger partial charge is 0.352 e. The number of rotatable bonds is 3. The van der Waals surface area contributed by atoms with E-state index in [1.165, 1.54) is 12.1 Å². The maximum Gasteiger partial charge on any atom is 0.223 e. The zero-order chi connectivity index (χ0) is 13.8. The van der Waals surface area contributed by atoms with Crippen LogP contribution in [0.15, 0.2) is 22.7 Å². The molecule has 0 aromatic heterocycles. The number of hydrogen-bond donors (Lipinski definition) is 2. The van der Waals surface area contributed by atoms with Crippen LogP contribution in [0.3, 0.4) is 0 Å². The average molecular weight is 329 g/mol. The summed E-state index contributed by atoms with van der Waals surface area (Å²) in [5.41, 5.74) is 6.75. The molecular weight excluding hydrogens is 311 g/mol. The van der Waals surface area contributed by atoms with Gasteiger partial charge in [0.25, 0.3) is 0 Å². The van der Waals surface area contributed by atoms with Gasteiger partial charge in [0.2, 0.25) is 5.91 Å². The maximum absolute atomic E-state index is 12.9. The van der Waals surface area contributed by atoms with E-state index in [1.54, 1.807) is 6.07 Å². The van der Waals surface area contributed by atoms with E-state index in [0.717, 1.165) is 31.2 Å². The Morgan fingerprint density at radius 2 is 2.26 bits per heavy atom. The molecule has 1 amide bonds. The number of carbonyl (C=O) groups excluding carboxylic acids is 1. The van der Waals surface area contributed by atoms with E-state index in [0.29, 0.717) is 11.0 Å². The molecule has 2 rings (SSSR count). The molecule has 0 bridgehead atoms. The number of amides is 1. The molecule has 1 aromatic carbocycles. The van der Waals surface area contributed by atoms with Gasteiger partial charge in [-0.1, -0.05) is 28.4 Å². The average Bonchev–Trinajstić information content (AvgIpc) is 2.37. The van der Waals surface area contributed by atoms with Crippen LogP contribution in [0.5, 0.6) is 0 Å². The van der Waals surface area contributed by atoms with E-state index in [2.05, 4.69) is 21.2 Å². The van der Waals surface area contributed by atoms with Gasteiger partial charge in [-0.3, -0.25) is 4.79 Å². The van der Waals surface area contributed by atoms with Crippen LogP contribution in [0.1, 0.15) is 31.2 Å². The van der Waals surface area contributed by atoms with Crippen molar-refractivity contribution in [1.82, 2.24) is 5.32 Å². The van der Waals surface area contributed by atoms with Crippen molar-refractivity contribution in [3.8, 4) is 0 Å². The summed E-state index contributed by atoms with van der Waals surface area (Å²) in [6, 6.07) is 4.61. The lowest BCUT2D eigenvalue weighted by molar-refractivity contribution is -0.126. The minimum Gasteiger partial charge on any atom is -0.352 e. The third kappa shape index (κ3) is 4.01. The lowest BCUT2D eigenvalue weighted by atomic mass is 9.85. The van der Waals surface area contributed by atoms with Gasteiger partial charge in [0, 0.05) is 23.0 Å². The highest BCUT2D eigenvalue weighted by atomic mass is 79.9. The standard InChI is InChI=1S/C14H18BrFN2O/c15-13-7-11(16)5-4-10(13)8-18-14(19)9-2-1-3-12(17)6-9/h4-5,7,9,12H,1-3,6,8,17H2,(H,18,19). The Hall–Kier alpha value is -0.940. The number of nitrogens with one attached hydrogen (secondary N) is 1. The van der Waals surface area contributed by atoms with E-state index < -0.39 is 0 Å². The molecule has 1 aliphatic rings. The Labute approximate surface area is 120 Å². The molecule has 5 heteroatoms. The van der Waals surface area contributed by atoms with Crippen LogP contribution in [0.4, 0.5) is 4.39 Å². The quantitative estimate of drug-likeness (QED) is 0.896. The summed E-state index contributed by atoms with van der Waals surface area (Å²) in [6.45, 7) is 0.408. The summed E-state index contributed by atoms with van der Waals surface area (Å²) in [7, 11) is 0. The Morgan fingerprint density at radius 3 is 2.95 bits per heavy atom. The SMILES string of the molecule is NC1CCCC(C(=O)NCc2ccc(F)cc2Br)C1. The fraction of sp³-hybridized carbons (Fsp3) is 0.500. The zero-order valence-corrected chi connectivity index (χ0v) is 12.2.